The predicted octanol–water partition coefficient (Wildman–Crippen LogP) is 3.65. The van der Waals surface area contributed by atoms with Crippen LogP contribution in [0.2, 0.25) is 0 Å². The number of aromatic nitrogens is 1. The molecule has 0 bridgehead atoms. The van der Waals surface area contributed by atoms with Crippen molar-refractivity contribution in [1.82, 2.24) is 4.57 Å². The molecule has 0 amide bonds. The number of benzene rings is 1. The minimum absolute atomic E-state index is 0.169. The number of rotatable bonds is 7. The third kappa shape index (κ3) is 3.95. The van der Waals surface area contributed by atoms with E-state index in [4.69, 9.17) is 14.2 Å². The van der Waals surface area contributed by atoms with E-state index >= 15 is 0 Å². The summed E-state index contributed by atoms with van der Waals surface area (Å²) in [5.74, 6) is -0.275. The maximum Gasteiger partial charge on any atom is 0.344 e. The number of hydrogen-bond acceptors (Lipinski definition) is 5. The molecule has 0 unspecified atom stereocenters. The summed E-state index contributed by atoms with van der Waals surface area (Å²) >= 11 is 0. The van der Waals surface area contributed by atoms with Crippen LogP contribution in [-0.4, -0.2) is 36.3 Å². The van der Waals surface area contributed by atoms with Crippen LogP contribution in [0.1, 0.15) is 49.8 Å². The summed E-state index contributed by atoms with van der Waals surface area (Å²) in [6.45, 7) is 10.0. The van der Waals surface area contributed by atoms with Crippen LogP contribution in [0, 0.1) is 6.92 Å². The van der Waals surface area contributed by atoms with Crippen LogP contribution in [0.25, 0.3) is 10.9 Å². The third-order valence-electron chi connectivity index (χ3n) is 3.88. The first-order valence-electron chi connectivity index (χ1n) is 8.50. The van der Waals surface area contributed by atoms with E-state index < -0.39 is 5.97 Å². The quantitative estimate of drug-likeness (QED) is 0.715. The standard InChI is InChI=1S/C19H25NO5/c1-6-23-17(21)11-25-14-8-9-16-15(10-14)18(19(22)24-7-2)13(5)20(16)12(3)4/h8-10,12H,6-7,11H2,1-5H3. The molecule has 0 atom stereocenters. The van der Waals surface area contributed by atoms with Crippen LogP contribution in [0.3, 0.4) is 0 Å². The van der Waals surface area contributed by atoms with Crippen molar-refractivity contribution in [2.45, 2.75) is 40.7 Å². The van der Waals surface area contributed by atoms with Crippen molar-refractivity contribution in [2.24, 2.45) is 0 Å². The largest absolute Gasteiger partial charge is 0.482 e. The van der Waals surface area contributed by atoms with E-state index in [0.29, 0.717) is 24.5 Å². The predicted molar refractivity (Wildman–Crippen MR) is 95.1 cm³/mol. The fourth-order valence-corrected chi connectivity index (χ4v) is 2.98. The Morgan fingerprint density at radius 3 is 2.40 bits per heavy atom. The van der Waals surface area contributed by atoms with Gasteiger partial charge in [0.15, 0.2) is 6.61 Å². The average molecular weight is 347 g/mol. The van der Waals surface area contributed by atoms with Gasteiger partial charge in [0.1, 0.15) is 5.75 Å². The molecular formula is C19H25NO5. The van der Waals surface area contributed by atoms with E-state index in [1.807, 2.05) is 13.0 Å². The molecule has 0 saturated carbocycles. The average Bonchev–Trinajstić information content (AvgIpc) is 2.84. The van der Waals surface area contributed by atoms with E-state index in [1.54, 1.807) is 26.0 Å². The summed E-state index contributed by atoms with van der Waals surface area (Å²) in [6.07, 6.45) is 0. The molecule has 0 radical (unpaired) electrons. The monoisotopic (exact) mass is 347 g/mol. The topological polar surface area (TPSA) is 66.8 Å². The van der Waals surface area contributed by atoms with Gasteiger partial charge in [-0.2, -0.15) is 0 Å². The molecule has 2 aromatic rings. The number of hydrogen-bond donors (Lipinski definition) is 0. The number of fused-ring (bicyclic) bond motifs is 1. The lowest BCUT2D eigenvalue weighted by atomic mass is 10.1. The first kappa shape index (κ1) is 18.8. The highest BCUT2D eigenvalue weighted by Gasteiger charge is 2.22. The molecule has 0 fully saturated rings. The second-order valence-electron chi connectivity index (χ2n) is 5.92. The fourth-order valence-electron chi connectivity index (χ4n) is 2.98. The van der Waals surface area contributed by atoms with Gasteiger partial charge in [-0.1, -0.05) is 0 Å². The lowest BCUT2D eigenvalue weighted by Gasteiger charge is -2.12. The Hall–Kier alpha value is -2.50. The Kier molecular flexibility index (Phi) is 6.07. The summed E-state index contributed by atoms with van der Waals surface area (Å²) in [6, 6.07) is 5.64. The summed E-state index contributed by atoms with van der Waals surface area (Å²) in [4.78, 5) is 23.9. The van der Waals surface area contributed by atoms with E-state index in [-0.39, 0.29) is 18.6 Å². The molecular weight excluding hydrogens is 322 g/mol. The van der Waals surface area contributed by atoms with E-state index in [2.05, 4.69) is 18.4 Å². The van der Waals surface area contributed by atoms with Gasteiger partial charge in [0, 0.05) is 22.6 Å². The Morgan fingerprint density at radius 2 is 1.80 bits per heavy atom. The Balaban J connectivity index is 2.46. The highest BCUT2D eigenvalue weighted by molar-refractivity contribution is 6.06. The van der Waals surface area contributed by atoms with E-state index in [0.717, 1.165) is 16.6 Å². The van der Waals surface area contributed by atoms with Gasteiger partial charge < -0.3 is 18.8 Å². The summed E-state index contributed by atoms with van der Waals surface area (Å²) < 4.78 is 17.7. The van der Waals surface area contributed by atoms with Crippen LogP contribution in [0.5, 0.6) is 5.75 Å². The van der Waals surface area contributed by atoms with Gasteiger partial charge in [0.2, 0.25) is 0 Å². The molecule has 1 heterocycles. The Morgan fingerprint density at radius 1 is 1.12 bits per heavy atom. The Bertz CT molecular complexity index is 776. The normalized spacial score (nSPS) is 11.0. The first-order chi connectivity index (χ1) is 11.9. The molecule has 136 valence electrons. The van der Waals surface area contributed by atoms with Crippen molar-refractivity contribution < 1.29 is 23.8 Å². The number of carbonyl (C=O) groups is 2. The second kappa shape index (κ2) is 8.05. The molecule has 2 rings (SSSR count). The molecule has 6 heteroatoms. The smallest absolute Gasteiger partial charge is 0.344 e. The zero-order valence-corrected chi connectivity index (χ0v) is 15.4. The molecule has 1 aromatic carbocycles. The minimum Gasteiger partial charge on any atom is -0.482 e. The molecule has 0 aliphatic heterocycles. The van der Waals surface area contributed by atoms with Crippen molar-refractivity contribution in [1.29, 1.82) is 0 Å². The Labute approximate surface area is 147 Å². The number of carbonyl (C=O) groups excluding carboxylic acids is 2. The van der Waals surface area contributed by atoms with Gasteiger partial charge in [-0.25, -0.2) is 9.59 Å². The molecule has 0 saturated heterocycles. The summed E-state index contributed by atoms with van der Waals surface area (Å²) in [7, 11) is 0. The SMILES string of the molecule is CCOC(=O)COc1ccc2c(c1)c(C(=O)OCC)c(C)n2C(C)C. The van der Waals surface area contributed by atoms with Crippen LogP contribution < -0.4 is 4.74 Å². The van der Waals surface area contributed by atoms with Crippen molar-refractivity contribution in [3.63, 3.8) is 0 Å². The maximum absolute atomic E-state index is 12.4. The van der Waals surface area contributed by atoms with Gasteiger partial charge in [-0.3, -0.25) is 0 Å². The zero-order chi connectivity index (χ0) is 18.6. The van der Waals surface area contributed by atoms with Crippen molar-refractivity contribution in [3.05, 3.63) is 29.5 Å². The van der Waals surface area contributed by atoms with Gasteiger partial charge in [0.25, 0.3) is 0 Å². The van der Waals surface area contributed by atoms with Gasteiger partial charge in [-0.15, -0.1) is 0 Å². The minimum atomic E-state index is -0.427. The second-order valence-corrected chi connectivity index (χ2v) is 5.92. The van der Waals surface area contributed by atoms with Gasteiger partial charge >= 0.3 is 11.9 Å². The number of esters is 2. The van der Waals surface area contributed by atoms with Crippen LogP contribution in [-0.2, 0) is 14.3 Å². The van der Waals surface area contributed by atoms with E-state index in [9.17, 15) is 9.59 Å². The fraction of sp³-hybridized carbons (Fsp3) is 0.474. The molecule has 0 spiro atoms. The number of nitrogens with zero attached hydrogens (tertiary/aromatic N) is 1. The summed E-state index contributed by atoms with van der Waals surface area (Å²) in [5.41, 5.74) is 2.32. The zero-order valence-electron chi connectivity index (χ0n) is 15.4. The summed E-state index contributed by atoms with van der Waals surface area (Å²) in [5, 5.41) is 0.756. The van der Waals surface area contributed by atoms with Crippen molar-refractivity contribution >= 4 is 22.8 Å². The lowest BCUT2D eigenvalue weighted by molar-refractivity contribution is -0.145. The van der Waals surface area contributed by atoms with Gasteiger partial charge in [-0.05, 0) is 52.8 Å². The molecule has 1 aromatic heterocycles. The highest BCUT2D eigenvalue weighted by atomic mass is 16.6. The molecule has 0 aliphatic carbocycles. The highest BCUT2D eigenvalue weighted by Crippen LogP contribution is 2.32. The van der Waals surface area contributed by atoms with Crippen LogP contribution in [0.15, 0.2) is 18.2 Å². The van der Waals surface area contributed by atoms with Crippen molar-refractivity contribution in [3.8, 4) is 5.75 Å². The molecule has 0 aliphatic rings. The molecule has 6 nitrogen and oxygen atoms in total. The van der Waals surface area contributed by atoms with Crippen molar-refractivity contribution in [2.75, 3.05) is 19.8 Å². The third-order valence-corrected chi connectivity index (χ3v) is 3.88. The first-order valence-corrected chi connectivity index (χ1v) is 8.50. The number of ether oxygens (including phenoxy) is 3. The van der Waals surface area contributed by atoms with Gasteiger partial charge in [0.05, 0.1) is 18.8 Å². The lowest BCUT2D eigenvalue weighted by Crippen LogP contribution is -2.14. The molecule has 25 heavy (non-hydrogen) atoms. The maximum atomic E-state index is 12.4. The van der Waals surface area contributed by atoms with Crippen LogP contribution >= 0.6 is 0 Å². The van der Waals surface area contributed by atoms with E-state index in [1.165, 1.54) is 0 Å². The van der Waals surface area contributed by atoms with Crippen LogP contribution in [0.4, 0.5) is 0 Å². The molecule has 0 N–H and O–H groups in total.